The van der Waals surface area contributed by atoms with Crippen LogP contribution in [0.2, 0.25) is 5.02 Å². The summed E-state index contributed by atoms with van der Waals surface area (Å²) in [5, 5.41) is 21.9. The Kier molecular flexibility index (Phi) is 8.89. The lowest BCUT2D eigenvalue weighted by atomic mass is 10.0. The second-order valence-corrected chi connectivity index (χ2v) is 12.3. The Morgan fingerprint density at radius 1 is 1.14 bits per heavy atom. The van der Waals surface area contributed by atoms with Gasteiger partial charge in [-0.05, 0) is 50.4 Å². The number of hydrogen-bond donors (Lipinski definition) is 1. The normalized spacial score (nSPS) is 20.5. The van der Waals surface area contributed by atoms with Gasteiger partial charge in [-0.2, -0.15) is 15.2 Å². The highest BCUT2D eigenvalue weighted by molar-refractivity contribution is 6.36. The van der Waals surface area contributed by atoms with Crippen LogP contribution in [0.15, 0.2) is 48.6 Å². The van der Waals surface area contributed by atoms with Crippen LogP contribution in [0.5, 0.6) is 6.01 Å². The van der Waals surface area contributed by atoms with Crippen molar-refractivity contribution in [2.75, 3.05) is 62.8 Å². The number of anilines is 2. The highest BCUT2D eigenvalue weighted by Crippen LogP contribution is 2.37. The van der Waals surface area contributed by atoms with Gasteiger partial charge in [0.15, 0.2) is 0 Å². The first-order valence-electron chi connectivity index (χ1n) is 15.2. The van der Waals surface area contributed by atoms with Gasteiger partial charge >= 0.3 is 6.01 Å². The van der Waals surface area contributed by atoms with Crippen LogP contribution in [0.4, 0.5) is 11.5 Å². The number of hydrogen-bond acceptors (Lipinski definition) is 9. The molecular weight excluding hydrogens is 578 g/mol. The number of aliphatic hydroxyl groups is 1. The number of carbonyl (C=O) groups excluding carboxylic acids is 1. The molecule has 2 atom stereocenters. The van der Waals surface area contributed by atoms with E-state index in [9.17, 15) is 15.2 Å². The summed E-state index contributed by atoms with van der Waals surface area (Å²) in [5.74, 6) is 0.489. The maximum absolute atomic E-state index is 12.9. The fraction of sp³-hybridized carbons (Fsp3) is 0.455. The van der Waals surface area contributed by atoms with Gasteiger partial charge in [-0.1, -0.05) is 42.4 Å². The number of nitriles is 1. The standard InChI is InChI=1S/C33H38ClN7O3/c1-22(20-42)32(43)41-17-16-40(18-24(41)11-13-35)31-26-12-15-39(29-10-4-7-23-6-3-9-27(34)30(23)29)19-28(26)36-33(37-31)44-21-25-8-5-14-38(25)2/h3-4,6-7,9-10,24-25,42H,1,5,8,11-12,14-21H2,2H3/t24-,25-/m0/s1. The number of rotatable bonds is 8. The van der Waals surface area contributed by atoms with E-state index < -0.39 is 6.61 Å². The van der Waals surface area contributed by atoms with E-state index >= 15 is 0 Å². The number of nitrogens with zero attached hydrogens (tertiary/aromatic N) is 7. The number of aromatic nitrogens is 2. The summed E-state index contributed by atoms with van der Waals surface area (Å²) in [6.07, 6.45) is 3.12. The van der Waals surface area contributed by atoms with E-state index in [0.29, 0.717) is 44.8 Å². The first-order chi connectivity index (χ1) is 21.4. The van der Waals surface area contributed by atoms with Crippen LogP contribution in [0, 0.1) is 11.3 Å². The number of carbonyl (C=O) groups is 1. The quantitative estimate of drug-likeness (QED) is 0.379. The average Bonchev–Trinajstić information content (AvgIpc) is 3.46. The Labute approximate surface area is 263 Å². The SMILES string of the molecule is C=C(CO)C(=O)N1CCN(c2nc(OC[C@@H]3CCCN3C)nc3c2CCN(c2cccc4cccc(Cl)c24)C3)C[C@@H]1CC#N. The first-order valence-corrected chi connectivity index (χ1v) is 15.6. The highest BCUT2D eigenvalue weighted by atomic mass is 35.5. The molecule has 3 aromatic rings. The number of likely N-dealkylation sites (N-methyl/N-ethyl adjacent to an activating group) is 1. The summed E-state index contributed by atoms with van der Waals surface area (Å²) in [6, 6.07) is 14.8. The summed E-state index contributed by atoms with van der Waals surface area (Å²) >= 11 is 6.70. The number of amides is 1. The van der Waals surface area contributed by atoms with Gasteiger partial charge in [0.25, 0.3) is 5.91 Å². The molecule has 11 heteroatoms. The van der Waals surface area contributed by atoms with Gasteiger partial charge in [-0.3, -0.25) is 4.79 Å². The molecular formula is C33H38ClN7O3. The van der Waals surface area contributed by atoms with E-state index in [-0.39, 0.29) is 23.9 Å². The Balaban J connectivity index is 1.33. The lowest BCUT2D eigenvalue weighted by Gasteiger charge is -2.42. The summed E-state index contributed by atoms with van der Waals surface area (Å²) in [7, 11) is 2.12. The minimum absolute atomic E-state index is 0.127. The van der Waals surface area contributed by atoms with E-state index in [2.05, 4.69) is 58.7 Å². The molecule has 2 aromatic carbocycles. The number of ether oxygens (including phenoxy) is 1. The monoisotopic (exact) mass is 615 g/mol. The summed E-state index contributed by atoms with van der Waals surface area (Å²) < 4.78 is 6.28. The Morgan fingerprint density at radius 2 is 1.95 bits per heavy atom. The summed E-state index contributed by atoms with van der Waals surface area (Å²) in [4.78, 5) is 31.3. The van der Waals surface area contributed by atoms with Crippen LogP contribution in [0.3, 0.4) is 0 Å². The lowest BCUT2D eigenvalue weighted by Crippen LogP contribution is -2.56. The van der Waals surface area contributed by atoms with Crippen LogP contribution in [0.25, 0.3) is 10.8 Å². The lowest BCUT2D eigenvalue weighted by molar-refractivity contribution is -0.130. The molecule has 1 amide bonds. The zero-order valence-electron chi connectivity index (χ0n) is 25.1. The van der Waals surface area contributed by atoms with Crippen molar-refractivity contribution in [2.45, 2.75) is 44.3 Å². The van der Waals surface area contributed by atoms with Crippen molar-refractivity contribution in [1.29, 1.82) is 5.26 Å². The van der Waals surface area contributed by atoms with Gasteiger partial charge in [0.05, 0.1) is 42.4 Å². The summed E-state index contributed by atoms with van der Waals surface area (Å²) in [5.41, 5.74) is 3.17. The van der Waals surface area contributed by atoms with Crippen molar-refractivity contribution in [2.24, 2.45) is 0 Å². The number of likely N-dealkylation sites (tertiary alicyclic amines) is 1. The number of fused-ring (bicyclic) bond motifs is 2. The minimum atomic E-state index is -0.410. The van der Waals surface area contributed by atoms with E-state index in [1.807, 2.05) is 12.1 Å². The van der Waals surface area contributed by atoms with Gasteiger partial charge < -0.3 is 29.4 Å². The largest absolute Gasteiger partial charge is 0.462 e. The van der Waals surface area contributed by atoms with Crippen LogP contribution < -0.4 is 14.5 Å². The van der Waals surface area contributed by atoms with Gasteiger partial charge in [0.2, 0.25) is 0 Å². The van der Waals surface area contributed by atoms with Gasteiger partial charge in [0, 0.05) is 54.4 Å². The Morgan fingerprint density at radius 3 is 2.70 bits per heavy atom. The molecule has 3 aliphatic heterocycles. The van der Waals surface area contributed by atoms with Crippen molar-refractivity contribution in [3.63, 3.8) is 0 Å². The number of piperazine rings is 1. The third-order valence-corrected chi connectivity index (χ3v) is 9.45. The van der Waals surface area contributed by atoms with Crippen LogP contribution in [0.1, 0.15) is 30.5 Å². The zero-order valence-corrected chi connectivity index (χ0v) is 25.8. The van der Waals surface area contributed by atoms with Gasteiger partial charge in [0.1, 0.15) is 12.4 Å². The molecule has 2 saturated heterocycles. The summed E-state index contributed by atoms with van der Waals surface area (Å²) in [6.45, 7) is 7.57. The van der Waals surface area contributed by atoms with E-state index in [0.717, 1.165) is 70.9 Å². The van der Waals surface area contributed by atoms with Crippen molar-refractivity contribution in [3.8, 4) is 12.1 Å². The number of halogens is 1. The van der Waals surface area contributed by atoms with Crippen molar-refractivity contribution < 1.29 is 14.6 Å². The van der Waals surface area contributed by atoms with Crippen LogP contribution >= 0.6 is 11.6 Å². The van der Waals surface area contributed by atoms with E-state index in [4.69, 9.17) is 26.3 Å². The molecule has 3 aliphatic rings. The van der Waals surface area contributed by atoms with Crippen LogP contribution in [-0.2, 0) is 17.8 Å². The molecule has 0 spiro atoms. The molecule has 2 fully saturated rings. The molecule has 1 N–H and O–H groups in total. The molecule has 0 saturated carbocycles. The maximum Gasteiger partial charge on any atom is 0.318 e. The molecule has 10 nitrogen and oxygen atoms in total. The Hall–Kier alpha value is -3.91. The molecule has 230 valence electrons. The predicted molar refractivity (Wildman–Crippen MR) is 171 cm³/mol. The Bertz CT molecular complexity index is 1600. The van der Waals surface area contributed by atoms with Crippen molar-refractivity contribution in [1.82, 2.24) is 19.8 Å². The van der Waals surface area contributed by atoms with E-state index in [1.165, 1.54) is 0 Å². The molecule has 44 heavy (non-hydrogen) atoms. The third kappa shape index (κ3) is 5.92. The fourth-order valence-corrected chi connectivity index (χ4v) is 6.97. The number of benzene rings is 2. The molecule has 6 rings (SSSR count). The smallest absolute Gasteiger partial charge is 0.318 e. The van der Waals surface area contributed by atoms with Gasteiger partial charge in [-0.15, -0.1) is 0 Å². The minimum Gasteiger partial charge on any atom is -0.462 e. The molecule has 0 radical (unpaired) electrons. The fourth-order valence-electron chi connectivity index (χ4n) is 6.69. The second kappa shape index (κ2) is 13.0. The highest BCUT2D eigenvalue weighted by Gasteiger charge is 2.35. The van der Waals surface area contributed by atoms with E-state index in [1.54, 1.807) is 4.90 Å². The van der Waals surface area contributed by atoms with Crippen LogP contribution in [-0.4, -0.2) is 95.9 Å². The predicted octanol–water partition coefficient (Wildman–Crippen LogP) is 3.80. The molecule has 0 unspecified atom stereocenters. The third-order valence-electron chi connectivity index (χ3n) is 9.13. The first kappa shape index (κ1) is 30.1. The second-order valence-electron chi connectivity index (χ2n) is 11.9. The molecule has 0 aliphatic carbocycles. The number of aliphatic hydroxyl groups excluding tert-OH is 1. The van der Waals surface area contributed by atoms with Crippen molar-refractivity contribution >= 4 is 39.8 Å². The maximum atomic E-state index is 12.9. The molecule has 4 heterocycles. The topological polar surface area (TPSA) is 109 Å². The average molecular weight is 616 g/mol. The molecule has 1 aromatic heterocycles. The van der Waals surface area contributed by atoms with Gasteiger partial charge in [-0.25, -0.2) is 0 Å². The van der Waals surface area contributed by atoms with Crippen molar-refractivity contribution in [3.05, 3.63) is 64.8 Å². The molecule has 0 bridgehead atoms. The zero-order chi connectivity index (χ0) is 30.8.